The summed E-state index contributed by atoms with van der Waals surface area (Å²) in [6, 6.07) is 11.4. The first kappa shape index (κ1) is 22.1. The van der Waals surface area contributed by atoms with Gasteiger partial charge in [0.05, 0.1) is 11.6 Å². The van der Waals surface area contributed by atoms with Gasteiger partial charge in [0.15, 0.2) is 0 Å². The summed E-state index contributed by atoms with van der Waals surface area (Å²) in [5.41, 5.74) is 1.28. The average Bonchev–Trinajstić information content (AvgIpc) is 2.66. The van der Waals surface area contributed by atoms with E-state index in [4.69, 9.17) is 4.74 Å². The first-order valence-corrected chi connectivity index (χ1v) is 10.5. The van der Waals surface area contributed by atoms with Gasteiger partial charge in [0.1, 0.15) is 5.60 Å². The van der Waals surface area contributed by atoms with Crippen LogP contribution < -0.4 is 5.56 Å². The van der Waals surface area contributed by atoms with Gasteiger partial charge in [-0.1, -0.05) is 24.3 Å². The Hall–Kier alpha value is -2.60. The highest BCUT2D eigenvalue weighted by Gasteiger charge is 2.41. The lowest BCUT2D eigenvalue weighted by Crippen LogP contribution is -2.51. The lowest BCUT2D eigenvalue weighted by atomic mass is 9.87. The minimum Gasteiger partial charge on any atom is -0.443 e. The number of aryl methyl sites for hydroxylation is 1. The van der Waals surface area contributed by atoms with Crippen LogP contribution in [0.2, 0.25) is 0 Å². The zero-order valence-corrected chi connectivity index (χ0v) is 18.5. The fourth-order valence-corrected chi connectivity index (χ4v) is 4.24. The van der Waals surface area contributed by atoms with Crippen molar-refractivity contribution in [3.8, 4) is 11.1 Å². The van der Waals surface area contributed by atoms with E-state index in [2.05, 4.69) is 0 Å². The smallest absolute Gasteiger partial charge is 0.410 e. The number of ether oxygens (including phenoxy) is 1. The Kier molecular flexibility index (Phi) is 6.09. The predicted molar refractivity (Wildman–Crippen MR) is 117 cm³/mol. The van der Waals surface area contributed by atoms with Gasteiger partial charge in [0, 0.05) is 38.2 Å². The second kappa shape index (κ2) is 8.26. The third-order valence-corrected chi connectivity index (χ3v) is 5.79. The van der Waals surface area contributed by atoms with Gasteiger partial charge in [-0.2, -0.15) is 0 Å². The van der Waals surface area contributed by atoms with Crippen LogP contribution in [0, 0.1) is 0 Å². The van der Waals surface area contributed by atoms with Crippen LogP contribution in [-0.4, -0.2) is 38.4 Å². The van der Waals surface area contributed by atoms with Crippen molar-refractivity contribution in [3.05, 3.63) is 58.5 Å². The summed E-state index contributed by atoms with van der Waals surface area (Å²) in [7, 11) is 0. The molecule has 1 aliphatic rings. The minimum atomic E-state index is -0.892. The molecule has 30 heavy (non-hydrogen) atoms. The van der Waals surface area contributed by atoms with Crippen LogP contribution >= 0.6 is 0 Å². The lowest BCUT2D eigenvalue weighted by Gasteiger charge is -2.43. The van der Waals surface area contributed by atoms with Crippen molar-refractivity contribution in [2.24, 2.45) is 0 Å². The van der Waals surface area contributed by atoms with E-state index >= 15 is 0 Å². The number of rotatable bonds is 6. The molecule has 1 aromatic heterocycles. The summed E-state index contributed by atoms with van der Waals surface area (Å²) in [4.78, 5) is 26.5. The minimum absolute atomic E-state index is 0.0161. The number of cyclic esters (lactones) is 1. The van der Waals surface area contributed by atoms with E-state index in [9.17, 15) is 14.7 Å². The van der Waals surface area contributed by atoms with E-state index in [0.717, 1.165) is 16.7 Å². The number of benzene rings is 1. The van der Waals surface area contributed by atoms with Crippen LogP contribution in [0.1, 0.15) is 59.1 Å². The Morgan fingerprint density at radius 1 is 1.17 bits per heavy atom. The van der Waals surface area contributed by atoms with Gasteiger partial charge in [-0.15, -0.1) is 0 Å². The van der Waals surface area contributed by atoms with E-state index in [1.807, 2.05) is 57.3 Å². The summed E-state index contributed by atoms with van der Waals surface area (Å²) in [6.07, 6.45) is 2.52. The number of carbonyl (C=O) groups excluding carboxylic acids is 1. The number of nitrogens with zero attached hydrogens (tertiary/aromatic N) is 2. The number of aromatic nitrogens is 1. The first-order chi connectivity index (χ1) is 14.0. The molecule has 0 bridgehead atoms. The van der Waals surface area contributed by atoms with Crippen molar-refractivity contribution in [2.75, 3.05) is 6.54 Å². The Morgan fingerprint density at radius 3 is 2.37 bits per heavy atom. The third-order valence-electron chi connectivity index (χ3n) is 5.79. The topological polar surface area (TPSA) is 71.8 Å². The van der Waals surface area contributed by atoms with Crippen LogP contribution in [0.5, 0.6) is 0 Å². The Balaban J connectivity index is 1.72. The molecule has 2 unspecified atom stereocenters. The lowest BCUT2D eigenvalue weighted by molar-refractivity contribution is -0.0859. The second-order valence-corrected chi connectivity index (χ2v) is 9.09. The van der Waals surface area contributed by atoms with Crippen molar-refractivity contribution in [1.82, 2.24) is 9.47 Å². The summed E-state index contributed by atoms with van der Waals surface area (Å²) in [6.45, 7) is 10.5. The Bertz CT molecular complexity index is 958. The second-order valence-electron chi connectivity index (χ2n) is 9.09. The Morgan fingerprint density at radius 2 is 1.83 bits per heavy atom. The van der Waals surface area contributed by atoms with Crippen LogP contribution in [0.15, 0.2) is 47.4 Å². The molecule has 3 rings (SSSR count). The zero-order valence-electron chi connectivity index (χ0n) is 18.5. The number of aliphatic hydroxyl groups is 1. The SMILES string of the molecule is CCn1ccc(-c2ccc(C(C)N3CCC(C)(CC(C)(C)O)OC3=O)cc2)cc1=O. The van der Waals surface area contributed by atoms with Crippen molar-refractivity contribution >= 4 is 6.09 Å². The molecule has 0 radical (unpaired) electrons. The maximum Gasteiger partial charge on any atom is 0.410 e. The molecule has 1 aromatic carbocycles. The number of amides is 1. The quantitative estimate of drug-likeness (QED) is 0.765. The van der Waals surface area contributed by atoms with Gasteiger partial charge in [-0.3, -0.25) is 4.79 Å². The maximum absolute atomic E-state index is 12.7. The van der Waals surface area contributed by atoms with Gasteiger partial charge >= 0.3 is 6.09 Å². The van der Waals surface area contributed by atoms with Crippen molar-refractivity contribution in [3.63, 3.8) is 0 Å². The molecule has 6 nitrogen and oxygen atoms in total. The molecule has 1 saturated heterocycles. The summed E-state index contributed by atoms with van der Waals surface area (Å²) in [5, 5.41) is 10.1. The molecule has 1 fully saturated rings. The summed E-state index contributed by atoms with van der Waals surface area (Å²) >= 11 is 0. The molecule has 2 aromatic rings. The molecule has 1 amide bonds. The summed E-state index contributed by atoms with van der Waals surface area (Å²) in [5.74, 6) is 0. The molecular weight excluding hydrogens is 380 g/mol. The highest BCUT2D eigenvalue weighted by molar-refractivity contribution is 5.70. The molecule has 2 heterocycles. The first-order valence-electron chi connectivity index (χ1n) is 10.5. The zero-order chi connectivity index (χ0) is 22.1. The van der Waals surface area contributed by atoms with E-state index in [0.29, 0.717) is 25.9 Å². The van der Waals surface area contributed by atoms with Crippen LogP contribution in [0.4, 0.5) is 4.79 Å². The molecule has 1 aliphatic heterocycles. The van der Waals surface area contributed by atoms with E-state index < -0.39 is 11.2 Å². The molecule has 162 valence electrons. The standard InChI is InChI=1S/C24H32N2O4/c1-6-25-13-11-20(15-21(25)27)19-9-7-18(8-10-19)17(2)26-14-12-24(5,30-22(26)28)16-23(3,4)29/h7-11,13,15,17,29H,6,12,14,16H2,1-5H3. The van der Waals surface area contributed by atoms with E-state index in [-0.39, 0.29) is 17.7 Å². The maximum atomic E-state index is 12.7. The van der Waals surface area contributed by atoms with E-state index in [1.54, 1.807) is 29.4 Å². The normalized spacial score (nSPS) is 20.7. The van der Waals surface area contributed by atoms with E-state index in [1.165, 1.54) is 0 Å². The van der Waals surface area contributed by atoms with Crippen molar-refractivity contribution in [1.29, 1.82) is 0 Å². The number of hydrogen-bond acceptors (Lipinski definition) is 4. The number of hydrogen-bond donors (Lipinski definition) is 1. The molecule has 0 aliphatic carbocycles. The number of pyridine rings is 1. The molecular formula is C24H32N2O4. The molecule has 0 saturated carbocycles. The number of carbonyl (C=O) groups is 1. The fraction of sp³-hybridized carbons (Fsp3) is 0.500. The molecule has 6 heteroatoms. The Labute approximate surface area is 178 Å². The molecule has 0 spiro atoms. The van der Waals surface area contributed by atoms with Crippen molar-refractivity contribution < 1.29 is 14.6 Å². The van der Waals surface area contributed by atoms with Gasteiger partial charge in [0.2, 0.25) is 0 Å². The van der Waals surface area contributed by atoms with Gasteiger partial charge in [-0.05, 0) is 57.4 Å². The fourth-order valence-electron chi connectivity index (χ4n) is 4.24. The largest absolute Gasteiger partial charge is 0.443 e. The predicted octanol–water partition coefficient (Wildman–Crippen LogP) is 4.36. The van der Waals surface area contributed by atoms with Crippen LogP contribution in [0.25, 0.3) is 11.1 Å². The molecule has 1 N–H and O–H groups in total. The summed E-state index contributed by atoms with van der Waals surface area (Å²) < 4.78 is 7.38. The highest BCUT2D eigenvalue weighted by Crippen LogP contribution is 2.35. The highest BCUT2D eigenvalue weighted by atomic mass is 16.6. The van der Waals surface area contributed by atoms with Crippen molar-refractivity contribution in [2.45, 2.75) is 71.2 Å². The van der Waals surface area contributed by atoms with Gasteiger partial charge in [0.25, 0.3) is 5.56 Å². The van der Waals surface area contributed by atoms with Gasteiger partial charge < -0.3 is 19.3 Å². The van der Waals surface area contributed by atoms with Crippen LogP contribution in [0.3, 0.4) is 0 Å². The average molecular weight is 413 g/mol. The van der Waals surface area contributed by atoms with Crippen LogP contribution in [-0.2, 0) is 11.3 Å². The third kappa shape index (κ3) is 4.93. The molecule has 2 atom stereocenters. The monoisotopic (exact) mass is 412 g/mol. The van der Waals surface area contributed by atoms with Gasteiger partial charge in [-0.25, -0.2) is 4.79 Å².